The fraction of sp³-hybridized carbons (Fsp3) is 0.462. The van der Waals surface area contributed by atoms with E-state index in [1.54, 1.807) is 19.2 Å². The molecule has 2 saturated heterocycles. The fourth-order valence-corrected chi connectivity index (χ4v) is 6.29. The maximum absolute atomic E-state index is 13.0. The van der Waals surface area contributed by atoms with Crippen LogP contribution < -0.4 is 15.0 Å². The van der Waals surface area contributed by atoms with E-state index < -0.39 is 10.0 Å². The molecule has 1 amide bonds. The van der Waals surface area contributed by atoms with Gasteiger partial charge < -0.3 is 15.0 Å². The number of nitrogens with zero attached hydrogens (tertiary/aromatic N) is 2. The lowest BCUT2D eigenvalue weighted by molar-refractivity contribution is -0.127. The number of hydrogen-bond acceptors (Lipinski definition) is 6. The predicted octanol–water partition coefficient (Wildman–Crippen LogP) is 3.08. The second kappa shape index (κ2) is 10.8. The van der Waals surface area contributed by atoms with Crippen molar-refractivity contribution >= 4 is 27.4 Å². The zero-order chi connectivity index (χ0) is 25.0. The molecule has 4 rings (SSSR count). The smallest absolute Gasteiger partial charge is 0.243 e. The number of carbonyl (C=O) groups is 2. The molecule has 2 fully saturated rings. The molecular weight excluding hydrogens is 466 g/mol. The Morgan fingerprint density at radius 1 is 0.943 bits per heavy atom. The van der Waals surface area contributed by atoms with Gasteiger partial charge in [-0.25, -0.2) is 8.42 Å². The molecule has 0 saturated carbocycles. The summed E-state index contributed by atoms with van der Waals surface area (Å²) in [5.74, 6) is 0.486. The van der Waals surface area contributed by atoms with Crippen LogP contribution in [0.1, 0.15) is 43.0 Å². The van der Waals surface area contributed by atoms with Crippen molar-refractivity contribution in [1.29, 1.82) is 0 Å². The first-order valence-electron chi connectivity index (χ1n) is 12.1. The van der Waals surface area contributed by atoms with E-state index in [1.165, 1.54) is 23.4 Å². The molecule has 0 bridgehead atoms. The van der Waals surface area contributed by atoms with Crippen molar-refractivity contribution in [3.63, 3.8) is 0 Å². The number of rotatable bonds is 7. The van der Waals surface area contributed by atoms with Crippen LogP contribution in [0.15, 0.2) is 53.4 Å². The Morgan fingerprint density at radius 3 is 2.20 bits per heavy atom. The van der Waals surface area contributed by atoms with Crippen LogP contribution >= 0.6 is 0 Å². The van der Waals surface area contributed by atoms with Crippen LogP contribution in [0, 0.1) is 5.92 Å². The molecule has 1 N–H and O–H groups in total. The topological polar surface area (TPSA) is 96.0 Å². The van der Waals surface area contributed by atoms with Crippen molar-refractivity contribution < 1.29 is 22.7 Å². The van der Waals surface area contributed by atoms with Crippen molar-refractivity contribution in [2.75, 3.05) is 38.2 Å². The quantitative estimate of drug-likeness (QED) is 0.588. The summed E-state index contributed by atoms with van der Waals surface area (Å²) in [5.41, 5.74) is 1.52. The summed E-state index contributed by atoms with van der Waals surface area (Å²) < 4.78 is 32.7. The summed E-state index contributed by atoms with van der Waals surface area (Å²) in [6.07, 6.45) is 2.72. The highest BCUT2D eigenvalue weighted by atomic mass is 32.2. The molecule has 2 heterocycles. The molecule has 0 spiro atoms. The second-order valence-corrected chi connectivity index (χ2v) is 11.2. The van der Waals surface area contributed by atoms with E-state index in [-0.39, 0.29) is 28.5 Å². The third-order valence-electron chi connectivity index (χ3n) is 6.98. The fourth-order valence-electron chi connectivity index (χ4n) is 4.78. The lowest BCUT2D eigenvalue weighted by Gasteiger charge is -2.35. The summed E-state index contributed by atoms with van der Waals surface area (Å²) in [6.45, 7) is 3.74. The summed E-state index contributed by atoms with van der Waals surface area (Å²) >= 11 is 0. The van der Waals surface area contributed by atoms with Gasteiger partial charge in [0.15, 0.2) is 5.78 Å². The number of hydrogen-bond donors (Lipinski definition) is 1. The number of ketones is 1. The number of Topliss-reactive ketones (excluding diaryl/α,β-unsaturated/α-hetero) is 1. The van der Waals surface area contributed by atoms with Gasteiger partial charge in [-0.05, 0) is 69.0 Å². The highest BCUT2D eigenvalue weighted by molar-refractivity contribution is 7.89. The molecule has 0 aliphatic carbocycles. The van der Waals surface area contributed by atoms with Crippen molar-refractivity contribution in [2.24, 2.45) is 5.92 Å². The van der Waals surface area contributed by atoms with E-state index in [9.17, 15) is 18.0 Å². The molecule has 8 nitrogen and oxygen atoms in total. The molecule has 0 unspecified atom stereocenters. The van der Waals surface area contributed by atoms with Gasteiger partial charge in [-0.1, -0.05) is 12.1 Å². The summed E-state index contributed by atoms with van der Waals surface area (Å²) in [5, 5.41) is 3.19. The third-order valence-corrected chi connectivity index (χ3v) is 8.88. The largest absolute Gasteiger partial charge is 0.497 e. The first-order chi connectivity index (χ1) is 16.8. The van der Waals surface area contributed by atoms with Gasteiger partial charge in [0, 0.05) is 49.4 Å². The Kier molecular flexibility index (Phi) is 7.76. The number of amides is 1. The number of benzene rings is 2. The highest BCUT2D eigenvalue weighted by Gasteiger charge is 2.33. The minimum atomic E-state index is -3.70. The minimum absolute atomic E-state index is 0.0172. The monoisotopic (exact) mass is 499 g/mol. The summed E-state index contributed by atoms with van der Waals surface area (Å²) in [6, 6.07) is 14.3. The van der Waals surface area contributed by atoms with Gasteiger partial charge in [-0.2, -0.15) is 4.31 Å². The number of methoxy groups -OCH3 is 1. The van der Waals surface area contributed by atoms with Gasteiger partial charge in [0.05, 0.1) is 12.0 Å². The summed E-state index contributed by atoms with van der Waals surface area (Å²) in [4.78, 5) is 27.0. The average molecular weight is 500 g/mol. The van der Waals surface area contributed by atoms with Gasteiger partial charge in [0.25, 0.3) is 0 Å². The van der Waals surface area contributed by atoms with Gasteiger partial charge in [0.2, 0.25) is 15.9 Å². The van der Waals surface area contributed by atoms with Crippen molar-refractivity contribution in [2.45, 2.75) is 43.5 Å². The number of nitrogens with one attached hydrogen (secondary N) is 1. The molecule has 2 aromatic rings. The molecule has 35 heavy (non-hydrogen) atoms. The van der Waals surface area contributed by atoms with Gasteiger partial charge in [0.1, 0.15) is 5.75 Å². The van der Waals surface area contributed by atoms with Crippen LogP contribution in [0.3, 0.4) is 0 Å². The van der Waals surface area contributed by atoms with Crippen molar-refractivity contribution in [1.82, 2.24) is 9.62 Å². The molecule has 0 atom stereocenters. The van der Waals surface area contributed by atoms with E-state index in [0.29, 0.717) is 31.5 Å². The molecule has 0 aromatic heterocycles. The maximum Gasteiger partial charge on any atom is 0.243 e. The molecule has 2 aliphatic heterocycles. The van der Waals surface area contributed by atoms with E-state index in [1.807, 2.05) is 12.1 Å². The minimum Gasteiger partial charge on any atom is -0.497 e. The third kappa shape index (κ3) is 5.85. The van der Waals surface area contributed by atoms with Crippen LogP contribution in [-0.4, -0.2) is 63.7 Å². The van der Waals surface area contributed by atoms with Gasteiger partial charge >= 0.3 is 0 Å². The second-order valence-electron chi connectivity index (χ2n) is 9.23. The van der Waals surface area contributed by atoms with E-state index in [2.05, 4.69) is 22.3 Å². The number of piperidine rings is 2. The van der Waals surface area contributed by atoms with Crippen molar-refractivity contribution in [3.05, 3.63) is 54.1 Å². The molecule has 0 radical (unpaired) electrons. The lowest BCUT2D eigenvalue weighted by atomic mass is 9.95. The van der Waals surface area contributed by atoms with Gasteiger partial charge in [-0.15, -0.1) is 0 Å². The van der Waals surface area contributed by atoms with Crippen LogP contribution in [0.2, 0.25) is 0 Å². The molecule has 188 valence electrons. The Hall–Kier alpha value is -2.91. The standard InChI is InChI=1S/C26H33N3O5S/c1-19(30)21-4-3-5-25(18-21)35(32,33)29-16-10-20(11-17-29)26(31)27-22-12-14-28(15-13-22)23-6-8-24(34-2)9-7-23/h3-9,18,20,22H,10-17H2,1-2H3,(H,27,31). The number of carbonyl (C=O) groups excluding carboxylic acids is 2. The first-order valence-corrected chi connectivity index (χ1v) is 13.5. The first kappa shape index (κ1) is 25.2. The average Bonchev–Trinajstić information content (AvgIpc) is 2.89. The lowest BCUT2D eigenvalue weighted by Crippen LogP contribution is -2.48. The number of anilines is 1. The zero-order valence-electron chi connectivity index (χ0n) is 20.3. The molecule has 2 aliphatic rings. The summed E-state index contributed by atoms with van der Waals surface area (Å²) in [7, 11) is -2.04. The van der Waals surface area contributed by atoms with Crippen LogP contribution in [0.25, 0.3) is 0 Å². The van der Waals surface area contributed by atoms with Crippen molar-refractivity contribution in [3.8, 4) is 5.75 Å². The number of sulfonamides is 1. The zero-order valence-corrected chi connectivity index (χ0v) is 21.1. The SMILES string of the molecule is COc1ccc(N2CCC(NC(=O)C3CCN(S(=O)(=O)c4cccc(C(C)=O)c4)CC3)CC2)cc1. The normalized spacial score (nSPS) is 18.3. The van der Waals surface area contributed by atoms with E-state index in [0.717, 1.165) is 37.4 Å². The molecular formula is C26H33N3O5S. The van der Waals surface area contributed by atoms with Crippen LogP contribution in [-0.2, 0) is 14.8 Å². The van der Waals surface area contributed by atoms with Crippen LogP contribution in [0.5, 0.6) is 5.75 Å². The molecule has 2 aromatic carbocycles. The van der Waals surface area contributed by atoms with Crippen LogP contribution in [0.4, 0.5) is 5.69 Å². The Balaban J connectivity index is 1.26. The highest BCUT2D eigenvalue weighted by Crippen LogP contribution is 2.26. The Morgan fingerprint density at radius 2 is 1.60 bits per heavy atom. The van der Waals surface area contributed by atoms with E-state index >= 15 is 0 Å². The van der Waals surface area contributed by atoms with E-state index in [4.69, 9.17) is 4.74 Å². The Bertz CT molecular complexity index is 1150. The molecule has 9 heteroatoms. The predicted molar refractivity (Wildman–Crippen MR) is 134 cm³/mol. The number of ether oxygens (including phenoxy) is 1. The Labute approximate surface area is 207 Å². The van der Waals surface area contributed by atoms with Gasteiger partial charge in [-0.3, -0.25) is 9.59 Å². The maximum atomic E-state index is 13.0.